The minimum absolute atomic E-state index is 0.198. The highest BCUT2D eigenvalue weighted by molar-refractivity contribution is 7.15. The van der Waals surface area contributed by atoms with Gasteiger partial charge in [0.25, 0.3) is 5.91 Å². The molecule has 1 aliphatic carbocycles. The van der Waals surface area contributed by atoms with Crippen LogP contribution in [0.3, 0.4) is 0 Å². The van der Waals surface area contributed by atoms with Crippen LogP contribution in [-0.2, 0) is 17.8 Å². The molecule has 1 saturated carbocycles. The average molecular weight is 359 g/mol. The van der Waals surface area contributed by atoms with Crippen LogP contribution in [-0.4, -0.2) is 28.2 Å². The van der Waals surface area contributed by atoms with E-state index in [1.54, 1.807) is 6.07 Å². The zero-order valence-electron chi connectivity index (χ0n) is 14.0. The Morgan fingerprint density at radius 3 is 2.88 bits per heavy atom. The highest BCUT2D eigenvalue weighted by Gasteiger charge is 2.30. The predicted molar refractivity (Wildman–Crippen MR) is 94.5 cm³/mol. The maximum absolute atomic E-state index is 12.7. The Balaban J connectivity index is 1.42. The molecule has 0 radical (unpaired) electrons. The summed E-state index contributed by atoms with van der Waals surface area (Å²) in [4.78, 5) is 32.4. The van der Waals surface area contributed by atoms with Crippen LogP contribution in [0.15, 0.2) is 23.0 Å². The van der Waals surface area contributed by atoms with Gasteiger partial charge in [-0.15, -0.1) is 0 Å². The molecular formula is C18H21N3O3S. The van der Waals surface area contributed by atoms with Crippen LogP contribution >= 0.6 is 11.3 Å². The maximum atomic E-state index is 12.7. The molecule has 1 fully saturated rings. The van der Waals surface area contributed by atoms with Crippen molar-refractivity contribution in [3.63, 3.8) is 0 Å². The van der Waals surface area contributed by atoms with Gasteiger partial charge in [-0.1, -0.05) is 30.6 Å². The van der Waals surface area contributed by atoms with Crippen LogP contribution < -0.4 is 5.32 Å². The van der Waals surface area contributed by atoms with Crippen molar-refractivity contribution in [2.45, 2.75) is 45.1 Å². The second-order valence-electron chi connectivity index (χ2n) is 6.70. The lowest BCUT2D eigenvalue weighted by atomic mass is 9.88. The van der Waals surface area contributed by atoms with Crippen molar-refractivity contribution in [1.82, 2.24) is 9.88 Å². The van der Waals surface area contributed by atoms with Gasteiger partial charge in [0.05, 0.1) is 24.1 Å². The van der Waals surface area contributed by atoms with E-state index < -0.39 is 0 Å². The summed E-state index contributed by atoms with van der Waals surface area (Å²) in [6.45, 7) is 1.34. The van der Waals surface area contributed by atoms with Crippen LogP contribution in [0.2, 0.25) is 0 Å². The Morgan fingerprint density at radius 2 is 2.12 bits per heavy atom. The van der Waals surface area contributed by atoms with Crippen molar-refractivity contribution in [2.75, 3.05) is 11.9 Å². The summed E-state index contributed by atoms with van der Waals surface area (Å²) < 4.78 is 4.93. The number of aromatic nitrogens is 1. The molecule has 2 aliphatic rings. The average Bonchev–Trinajstić information content (AvgIpc) is 3.30. The molecule has 2 aromatic rings. The van der Waals surface area contributed by atoms with E-state index in [9.17, 15) is 9.59 Å². The maximum Gasteiger partial charge on any atom is 0.260 e. The molecule has 1 N–H and O–H groups in total. The standard InChI is InChI=1S/C18H21N3O3S/c22-16(13-7-9-24-11-13)20-18-19-14-6-8-21(10-15(14)25-18)17(23)12-4-2-1-3-5-12/h7,9,11-12H,1-6,8,10H2,(H,19,20,22). The second kappa shape index (κ2) is 7.00. The van der Waals surface area contributed by atoms with Gasteiger partial charge in [-0.3, -0.25) is 14.9 Å². The number of furan rings is 1. The molecule has 6 nitrogen and oxygen atoms in total. The van der Waals surface area contributed by atoms with Crippen molar-refractivity contribution < 1.29 is 14.0 Å². The molecule has 4 rings (SSSR count). The van der Waals surface area contributed by atoms with Gasteiger partial charge in [-0.2, -0.15) is 0 Å². The summed E-state index contributed by atoms with van der Waals surface area (Å²) in [7, 11) is 0. The fourth-order valence-corrected chi connectivity index (χ4v) is 4.63. The summed E-state index contributed by atoms with van der Waals surface area (Å²) >= 11 is 1.46. The lowest BCUT2D eigenvalue weighted by Gasteiger charge is -2.31. The first kappa shape index (κ1) is 16.3. The third-order valence-electron chi connectivity index (χ3n) is 5.00. The SMILES string of the molecule is O=C(Nc1nc2c(s1)CN(C(=O)C1CCCCC1)CC2)c1ccoc1. The number of rotatable bonds is 3. The Labute approximate surface area is 150 Å². The lowest BCUT2D eigenvalue weighted by molar-refractivity contribution is -0.137. The van der Waals surface area contributed by atoms with Gasteiger partial charge in [0.1, 0.15) is 6.26 Å². The molecule has 7 heteroatoms. The summed E-state index contributed by atoms with van der Waals surface area (Å²) in [5.74, 6) is 0.265. The van der Waals surface area contributed by atoms with E-state index in [1.165, 1.54) is 43.1 Å². The number of anilines is 1. The molecule has 0 unspecified atom stereocenters. The van der Waals surface area contributed by atoms with Gasteiger partial charge < -0.3 is 9.32 Å². The number of nitrogens with one attached hydrogen (secondary N) is 1. The highest BCUT2D eigenvalue weighted by atomic mass is 32.1. The third kappa shape index (κ3) is 3.46. The number of thiazole rings is 1. The van der Waals surface area contributed by atoms with E-state index in [4.69, 9.17) is 4.42 Å². The topological polar surface area (TPSA) is 75.4 Å². The van der Waals surface area contributed by atoms with Gasteiger partial charge in [-0.25, -0.2) is 4.98 Å². The second-order valence-corrected chi connectivity index (χ2v) is 7.78. The molecule has 0 spiro atoms. The van der Waals surface area contributed by atoms with Gasteiger partial charge >= 0.3 is 0 Å². The van der Waals surface area contributed by atoms with E-state index in [-0.39, 0.29) is 11.8 Å². The zero-order chi connectivity index (χ0) is 17.2. The summed E-state index contributed by atoms with van der Waals surface area (Å²) in [6, 6.07) is 1.62. The van der Waals surface area contributed by atoms with Gasteiger partial charge in [-0.05, 0) is 18.9 Å². The van der Waals surface area contributed by atoms with Crippen LogP contribution in [0, 0.1) is 5.92 Å². The van der Waals surface area contributed by atoms with E-state index in [1.807, 2.05) is 4.90 Å². The van der Waals surface area contributed by atoms with Crippen molar-refractivity contribution >= 4 is 28.3 Å². The van der Waals surface area contributed by atoms with Crippen molar-refractivity contribution in [3.8, 4) is 0 Å². The van der Waals surface area contributed by atoms with Crippen molar-refractivity contribution in [2.24, 2.45) is 5.92 Å². The lowest BCUT2D eigenvalue weighted by Crippen LogP contribution is -2.40. The molecule has 0 saturated heterocycles. The quantitative estimate of drug-likeness (QED) is 0.911. The van der Waals surface area contributed by atoms with Gasteiger partial charge in [0.15, 0.2) is 5.13 Å². The number of carbonyl (C=O) groups is 2. The summed E-state index contributed by atoms with van der Waals surface area (Å²) in [6.07, 6.45) is 9.27. The molecule has 0 aromatic carbocycles. The first-order chi connectivity index (χ1) is 12.2. The van der Waals surface area contributed by atoms with Crippen LogP contribution in [0.5, 0.6) is 0 Å². The number of hydrogen-bond acceptors (Lipinski definition) is 5. The van der Waals surface area contributed by atoms with Crippen LogP contribution in [0.1, 0.15) is 53.0 Å². The van der Waals surface area contributed by atoms with Gasteiger partial charge in [0.2, 0.25) is 5.91 Å². The van der Waals surface area contributed by atoms with E-state index in [2.05, 4.69) is 10.3 Å². The molecular weight excluding hydrogens is 338 g/mol. The van der Waals surface area contributed by atoms with E-state index in [0.717, 1.165) is 36.4 Å². The Hall–Kier alpha value is -2.15. The number of nitrogens with zero attached hydrogens (tertiary/aromatic N) is 2. The molecule has 0 atom stereocenters. The molecule has 25 heavy (non-hydrogen) atoms. The Bertz CT molecular complexity index is 763. The van der Waals surface area contributed by atoms with Crippen molar-refractivity contribution in [1.29, 1.82) is 0 Å². The molecule has 2 amide bonds. The van der Waals surface area contributed by atoms with E-state index >= 15 is 0 Å². The number of fused-ring (bicyclic) bond motifs is 1. The normalized spacial score (nSPS) is 18.0. The smallest absolute Gasteiger partial charge is 0.260 e. The first-order valence-electron chi connectivity index (χ1n) is 8.81. The number of amides is 2. The van der Waals surface area contributed by atoms with E-state index in [0.29, 0.717) is 23.1 Å². The minimum atomic E-state index is -0.227. The third-order valence-corrected chi connectivity index (χ3v) is 6.00. The van der Waals surface area contributed by atoms with Crippen LogP contribution in [0.25, 0.3) is 0 Å². The summed E-state index contributed by atoms with van der Waals surface area (Å²) in [5, 5.41) is 3.40. The molecule has 132 valence electrons. The Kier molecular flexibility index (Phi) is 4.57. The monoisotopic (exact) mass is 359 g/mol. The fraction of sp³-hybridized carbons (Fsp3) is 0.500. The predicted octanol–water partition coefficient (Wildman–Crippen LogP) is 3.45. The largest absolute Gasteiger partial charge is 0.472 e. The number of hydrogen-bond donors (Lipinski definition) is 1. The minimum Gasteiger partial charge on any atom is -0.472 e. The van der Waals surface area contributed by atoms with Gasteiger partial charge in [0, 0.05) is 23.8 Å². The zero-order valence-corrected chi connectivity index (χ0v) is 14.8. The first-order valence-corrected chi connectivity index (χ1v) is 9.63. The summed E-state index contributed by atoms with van der Waals surface area (Å²) in [5.41, 5.74) is 1.47. The Morgan fingerprint density at radius 1 is 1.28 bits per heavy atom. The number of carbonyl (C=O) groups excluding carboxylic acids is 2. The molecule has 3 heterocycles. The molecule has 0 bridgehead atoms. The molecule has 2 aromatic heterocycles. The fourth-order valence-electron chi connectivity index (χ4n) is 3.61. The van der Waals surface area contributed by atoms with Crippen LogP contribution in [0.4, 0.5) is 5.13 Å². The molecule has 1 aliphatic heterocycles. The van der Waals surface area contributed by atoms with Crippen molar-refractivity contribution in [3.05, 3.63) is 34.7 Å². The highest BCUT2D eigenvalue weighted by Crippen LogP contribution is 2.31.